The van der Waals surface area contributed by atoms with Gasteiger partial charge in [0, 0.05) is 28.7 Å². The van der Waals surface area contributed by atoms with Crippen molar-refractivity contribution in [2.24, 2.45) is 0 Å². The van der Waals surface area contributed by atoms with Gasteiger partial charge in [0.2, 0.25) is 0 Å². The molecule has 0 saturated carbocycles. The number of H-pyrrole nitrogens is 1. The van der Waals surface area contributed by atoms with Crippen LogP contribution >= 0.6 is 11.6 Å². The second kappa shape index (κ2) is 9.85. The van der Waals surface area contributed by atoms with E-state index in [4.69, 9.17) is 11.6 Å². The number of halogens is 1. The summed E-state index contributed by atoms with van der Waals surface area (Å²) in [6.45, 7) is 1.61. The normalized spacial score (nSPS) is 11.1. The van der Waals surface area contributed by atoms with Gasteiger partial charge >= 0.3 is 0 Å². The average Bonchev–Trinajstić information content (AvgIpc) is 3.21. The van der Waals surface area contributed by atoms with Gasteiger partial charge in [0.1, 0.15) is 0 Å². The zero-order valence-corrected chi connectivity index (χ0v) is 18.9. The summed E-state index contributed by atoms with van der Waals surface area (Å²) in [6.07, 6.45) is 0.920. The van der Waals surface area contributed by atoms with Crippen molar-refractivity contribution in [2.45, 2.75) is 6.42 Å². The fraction of sp³-hybridized carbons (Fsp3) is 0.200. The predicted molar refractivity (Wildman–Crippen MR) is 132 cm³/mol. The van der Waals surface area contributed by atoms with Crippen molar-refractivity contribution >= 4 is 39.8 Å². The third-order valence-corrected chi connectivity index (χ3v) is 5.53. The zero-order valence-electron chi connectivity index (χ0n) is 18.2. The minimum Gasteiger partial charge on any atom is -0.354 e. The molecule has 0 bridgehead atoms. The maximum Gasteiger partial charge on any atom is 0.251 e. The lowest BCUT2D eigenvalue weighted by molar-refractivity contribution is 0.0952. The lowest BCUT2D eigenvalue weighted by Crippen LogP contribution is -2.27. The summed E-state index contributed by atoms with van der Waals surface area (Å²) in [5, 5.41) is 15.6. The van der Waals surface area contributed by atoms with Crippen molar-refractivity contribution in [2.75, 3.05) is 32.5 Å². The van der Waals surface area contributed by atoms with Gasteiger partial charge in [-0.15, -0.1) is 0 Å². The summed E-state index contributed by atoms with van der Waals surface area (Å²) < 4.78 is 0. The highest BCUT2D eigenvalue weighted by Crippen LogP contribution is 2.30. The molecule has 0 radical (unpaired) electrons. The van der Waals surface area contributed by atoms with Crippen LogP contribution in [0.15, 0.2) is 66.7 Å². The Labute approximate surface area is 192 Å². The average molecular weight is 448 g/mol. The van der Waals surface area contributed by atoms with Crippen LogP contribution in [0.2, 0.25) is 5.02 Å². The second-order valence-electron chi connectivity index (χ2n) is 7.93. The molecular formula is C25H26ClN5O. The van der Waals surface area contributed by atoms with Gasteiger partial charge in [0.15, 0.2) is 0 Å². The van der Waals surface area contributed by atoms with Crippen molar-refractivity contribution in [1.29, 1.82) is 0 Å². The summed E-state index contributed by atoms with van der Waals surface area (Å²) in [5.74, 6) is -0.0579. The number of para-hydroxylation sites is 1. The van der Waals surface area contributed by atoms with Crippen molar-refractivity contribution < 1.29 is 4.79 Å². The number of hydrogen-bond donors (Lipinski definition) is 3. The van der Waals surface area contributed by atoms with E-state index in [1.807, 2.05) is 80.8 Å². The van der Waals surface area contributed by atoms with E-state index in [2.05, 4.69) is 25.7 Å². The number of nitrogens with one attached hydrogen (secondary N) is 3. The van der Waals surface area contributed by atoms with Crippen LogP contribution < -0.4 is 10.6 Å². The second-order valence-corrected chi connectivity index (χ2v) is 8.33. The largest absolute Gasteiger partial charge is 0.354 e. The van der Waals surface area contributed by atoms with Gasteiger partial charge in [-0.1, -0.05) is 35.9 Å². The highest BCUT2D eigenvalue weighted by atomic mass is 35.5. The molecule has 1 heterocycles. The van der Waals surface area contributed by atoms with Crippen LogP contribution in [0.4, 0.5) is 11.4 Å². The van der Waals surface area contributed by atoms with Gasteiger partial charge in [-0.25, -0.2) is 0 Å². The molecule has 32 heavy (non-hydrogen) atoms. The molecule has 0 unspecified atom stereocenters. The quantitative estimate of drug-likeness (QED) is 0.320. The van der Waals surface area contributed by atoms with E-state index in [0.29, 0.717) is 17.1 Å². The molecule has 0 aliphatic carbocycles. The Morgan fingerprint density at radius 3 is 2.59 bits per heavy atom. The zero-order chi connectivity index (χ0) is 22.5. The van der Waals surface area contributed by atoms with Gasteiger partial charge < -0.3 is 15.5 Å². The number of hydrogen-bond acceptors (Lipinski definition) is 4. The minimum absolute atomic E-state index is 0.0579. The Morgan fingerprint density at radius 1 is 1.06 bits per heavy atom. The molecule has 7 heteroatoms. The maximum absolute atomic E-state index is 12.3. The molecule has 3 N–H and O–H groups in total. The number of carbonyl (C=O) groups is 1. The van der Waals surface area contributed by atoms with E-state index in [-0.39, 0.29) is 5.91 Å². The molecule has 0 aliphatic rings. The number of carbonyl (C=O) groups excluding carboxylic acids is 1. The number of amides is 1. The molecule has 0 saturated heterocycles. The Morgan fingerprint density at radius 2 is 1.84 bits per heavy atom. The maximum atomic E-state index is 12.3. The Kier molecular flexibility index (Phi) is 6.73. The van der Waals surface area contributed by atoms with E-state index in [9.17, 15) is 4.79 Å². The van der Waals surface area contributed by atoms with Crippen LogP contribution in [-0.2, 0) is 0 Å². The SMILES string of the molecule is CN(C)CCCNC(=O)c1ccc(-c2n[nH]c3cc(Nc4ccccc4Cl)ccc23)cc1. The minimum atomic E-state index is -0.0579. The van der Waals surface area contributed by atoms with Gasteiger partial charge in [0.05, 0.1) is 21.9 Å². The highest BCUT2D eigenvalue weighted by Gasteiger charge is 2.11. The van der Waals surface area contributed by atoms with Crippen molar-refractivity contribution in [3.8, 4) is 11.3 Å². The Hall–Kier alpha value is -3.35. The monoisotopic (exact) mass is 447 g/mol. The van der Waals surface area contributed by atoms with Crippen molar-refractivity contribution in [3.05, 3.63) is 77.3 Å². The molecule has 0 aliphatic heterocycles. The van der Waals surface area contributed by atoms with Crippen molar-refractivity contribution in [1.82, 2.24) is 20.4 Å². The molecule has 6 nitrogen and oxygen atoms in total. The van der Waals surface area contributed by atoms with Gasteiger partial charge in [0.25, 0.3) is 5.91 Å². The Balaban J connectivity index is 1.46. The molecule has 4 rings (SSSR count). The van der Waals surface area contributed by atoms with Gasteiger partial charge in [-0.2, -0.15) is 5.10 Å². The lowest BCUT2D eigenvalue weighted by Gasteiger charge is -2.10. The number of aromatic amines is 1. The predicted octanol–water partition coefficient (Wildman–Crippen LogP) is 5.31. The smallest absolute Gasteiger partial charge is 0.251 e. The number of anilines is 2. The summed E-state index contributed by atoms with van der Waals surface area (Å²) in [6, 6.07) is 21.2. The van der Waals surface area contributed by atoms with E-state index < -0.39 is 0 Å². The molecule has 0 spiro atoms. The number of benzene rings is 3. The fourth-order valence-corrected chi connectivity index (χ4v) is 3.70. The van der Waals surface area contributed by atoms with Crippen LogP contribution in [0.5, 0.6) is 0 Å². The summed E-state index contributed by atoms with van der Waals surface area (Å²) >= 11 is 6.25. The van der Waals surface area contributed by atoms with E-state index in [0.717, 1.165) is 46.5 Å². The number of rotatable bonds is 8. The number of fused-ring (bicyclic) bond motifs is 1. The topological polar surface area (TPSA) is 73.0 Å². The number of nitrogens with zero attached hydrogens (tertiary/aromatic N) is 2. The van der Waals surface area contributed by atoms with Crippen LogP contribution in [0.1, 0.15) is 16.8 Å². The van der Waals surface area contributed by atoms with Gasteiger partial charge in [-0.05, 0) is 69.5 Å². The van der Waals surface area contributed by atoms with E-state index >= 15 is 0 Å². The van der Waals surface area contributed by atoms with Crippen LogP contribution in [0, 0.1) is 0 Å². The molecular weight excluding hydrogens is 422 g/mol. The molecule has 1 amide bonds. The van der Waals surface area contributed by atoms with Gasteiger partial charge in [-0.3, -0.25) is 9.89 Å². The molecule has 1 aromatic heterocycles. The number of aromatic nitrogens is 2. The molecule has 4 aromatic rings. The van der Waals surface area contributed by atoms with E-state index in [1.165, 1.54) is 0 Å². The Bertz CT molecular complexity index is 1220. The molecule has 3 aromatic carbocycles. The van der Waals surface area contributed by atoms with E-state index in [1.54, 1.807) is 0 Å². The summed E-state index contributed by atoms with van der Waals surface area (Å²) in [7, 11) is 4.05. The summed E-state index contributed by atoms with van der Waals surface area (Å²) in [4.78, 5) is 14.5. The van der Waals surface area contributed by atoms with Crippen molar-refractivity contribution in [3.63, 3.8) is 0 Å². The van der Waals surface area contributed by atoms with Crippen LogP contribution in [0.3, 0.4) is 0 Å². The third kappa shape index (κ3) is 5.10. The highest BCUT2D eigenvalue weighted by molar-refractivity contribution is 6.33. The first-order valence-corrected chi connectivity index (χ1v) is 10.9. The standard InChI is InChI=1S/C25H26ClN5O/c1-31(2)15-5-14-27-25(32)18-10-8-17(9-11-18)24-20-13-12-19(16-23(20)29-30-24)28-22-7-4-3-6-21(22)26/h3-4,6-13,16,28H,5,14-15H2,1-2H3,(H,27,32)(H,29,30). The lowest BCUT2D eigenvalue weighted by atomic mass is 10.1. The first-order chi connectivity index (χ1) is 15.5. The third-order valence-electron chi connectivity index (χ3n) is 5.20. The van der Waals surface area contributed by atoms with Crippen LogP contribution in [0.25, 0.3) is 22.2 Å². The summed E-state index contributed by atoms with van der Waals surface area (Å²) in [5.41, 5.74) is 5.13. The molecule has 164 valence electrons. The molecule has 0 fully saturated rings. The fourth-order valence-electron chi connectivity index (χ4n) is 3.51. The first kappa shape index (κ1) is 21.9. The molecule has 0 atom stereocenters. The van der Waals surface area contributed by atoms with Crippen LogP contribution in [-0.4, -0.2) is 48.2 Å². The first-order valence-electron chi connectivity index (χ1n) is 10.5.